The molecule has 0 atom stereocenters. The van der Waals surface area contributed by atoms with Crippen LogP contribution < -0.4 is 0 Å². The first-order valence-electron chi connectivity index (χ1n) is 4.60. The van der Waals surface area contributed by atoms with Gasteiger partial charge in [0.1, 0.15) is 0 Å². The molecule has 0 aromatic carbocycles. The van der Waals surface area contributed by atoms with Gasteiger partial charge in [-0.05, 0) is 26.7 Å². The van der Waals surface area contributed by atoms with Crippen molar-refractivity contribution in [2.75, 3.05) is 31.8 Å². The fourth-order valence-corrected chi connectivity index (χ4v) is 0.714. The van der Waals surface area contributed by atoms with Crippen LogP contribution in [0.4, 0.5) is 0 Å². The van der Waals surface area contributed by atoms with Crippen LogP contribution in [0.1, 0.15) is 26.7 Å². The molecule has 1 saturated heterocycles. The van der Waals surface area contributed by atoms with Gasteiger partial charge in [-0.25, -0.2) is 0 Å². The Morgan fingerprint density at radius 2 is 1.46 bits per heavy atom. The third kappa shape index (κ3) is 24.5. The molecule has 1 fully saturated rings. The molecule has 1 heterocycles. The monoisotopic (exact) mass is 230 g/mol. The Morgan fingerprint density at radius 1 is 1.08 bits per heavy atom. The lowest BCUT2D eigenvalue weighted by atomic mass is 10.4. The van der Waals surface area contributed by atoms with E-state index in [0.717, 1.165) is 26.4 Å². The maximum absolute atomic E-state index is 4.94. The Bertz CT molecular complexity index is 59.0. The molecule has 0 aliphatic carbocycles. The van der Waals surface area contributed by atoms with Gasteiger partial charge in [-0.3, -0.25) is 0 Å². The standard InChI is InChI=1S/C4H8O.C4H10O.CH2Cl2/c1-2-4-5-3-1;1-3-5-4-2;2-1-3/h1-4H2;3-4H2,1-2H3;1H2. The average molecular weight is 231 g/mol. The van der Waals surface area contributed by atoms with E-state index in [-0.39, 0.29) is 5.34 Å². The van der Waals surface area contributed by atoms with Crippen LogP contribution in [0.25, 0.3) is 0 Å². The zero-order chi connectivity index (χ0) is 10.4. The van der Waals surface area contributed by atoms with Gasteiger partial charge in [0.05, 0.1) is 5.34 Å². The van der Waals surface area contributed by atoms with Crippen molar-refractivity contribution in [3.05, 3.63) is 0 Å². The quantitative estimate of drug-likeness (QED) is 0.679. The third-order valence-electron chi connectivity index (χ3n) is 1.24. The molecule has 2 nitrogen and oxygen atoms in total. The highest BCUT2D eigenvalue weighted by Crippen LogP contribution is 1.98. The van der Waals surface area contributed by atoms with Crippen molar-refractivity contribution >= 4 is 23.2 Å². The lowest BCUT2D eigenvalue weighted by molar-refractivity contribution is 0.162. The van der Waals surface area contributed by atoms with E-state index in [0.29, 0.717) is 0 Å². The summed E-state index contributed by atoms with van der Waals surface area (Å²) in [7, 11) is 0. The Labute approximate surface area is 91.5 Å². The second kappa shape index (κ2) is 18.3. The van der Waals surface area contributed by atoms with Crippen LogP contribution in [0.2, 0.25) is 0 Å². The minimum absolute atomic E-state index is 0.194. The molecule has 0 spiro atoms. The Balaban J connectivity index is 0. The van der Waals surface area contributed by atoms with Crippen molar-refractivity contribution in [3.8, 4) is 0 Å². The van der Waals surface area contributed by atoms with E-state index in [1.54, 1.807) is 0 Å². The van der Waals surface area contributed by atoms with E-state index in [2.05, 4.69) is 0 Å². The third-order valence-corrected chi connectivity index (χ3v) is 1.24. The minimum Gasteiger partial charge on any atom is -0.382 e. The lowest BCUT2D eigenvalue weighted by Crippen LogP contribution is -1.84. The normalized spacial score (nSPS) is 13.8. The fourth-order valence-electron chi connectivity index (χ4n) is 0.714. The molecule has 0 unspecified atom stereocenters. The first kappa shape index (κ1) is 15.9. The van der Waals surface area contributed by atoms with Crippen molar-refractivity contribution in [1.29, 1.82) is 0 Å². The van der Waals surface area contributed by atoms with Crippen LogP contribution in [-0.4, -0.2) is 31.8 Å². The fraction of sp³-hybridized carbons (Fsp3) is 1.00. The van der Waals surface area contributed by atoms with E-state index >= 15 is 0 Å². The summed E-state index contributed by atoms with van der Waals surface area (Å²) in [6, 6.07) is 0. The second-order valence-corrected chi connectivity index (χ2v) is 3.01. The van der Waals surface area contributed by atoms with Crippen LogP contribution in [0.15, 0.2) is 0 Å². The largest absolute Gasteiger partial charge is 0.382 e. The summed E-state index contributed by atoms with van der Waals surface area (Å²) in [4.78, 5) is 0. The maximum Gasteiger partial charge on any atom is 0.0967 e. The van der Waals surface area contributed by atoms with E-state index < -0.39 is 0 Å². The number of ether oxygens (including phenoxy) is 2. The van der Waals surface area contributed by atoms with Gasteiger partial charge in [0.15, 0.2) is 0 Å². The molecule has 0 bridgehead atoms. The topological polar surface area (TPSA) is 18.5 Å². The summed E-state index contributed by atoms with van der Waals surface area (Å²) in [5.41, 5.74) is 0. The number of alkyl halides is 2. The molecule has 0 radical (unpaired) electrons. The highest BCUT2D eigenvalue weighted by atomic mass is 35.5. The van der Waals surface area contributed by atoms with Gasteiger partial charge < -0.3 is 9.47 Å². The van der Waals surface area contributed by atoms with Gasteiger partial charge in [-0.2, -0.15) is 0 Å². The highest BCUT2D eigenvalue weighted by Gasteiger charge is 1.94. The van der Waals surface area contributed by atoms with E-state index in [4.69, 9.17) is 32.7 Å². The van der Waals surface area contributed by atoms with Crippen molar-refractivity contribution in [1.82, 2.24) is 0 Å². The second-order valence-electron chi connectivity index (χ2n) is 2.20. The van der Waals surface area contributed by atoms with Crippen molar-refractivity contribution in [2.24, 2.45) is 0 Å². The number of hydrogen-bond acceptors (Lipinski definition) is 2. The number of rotatable bonds is 2. The van der Waals surface area contributed by atoms with Crippen molar-refractivity contribution in [3.63, 3.8) is 0 Å². The molecule has 0 aromatic heterocycles. The summed E-state index contributed by atoms with van der Waals surface area (Å²) >= 11 is 9.53. The molecular weight excluding hydrogens is 211 g/mol. The predicted molar refractivity (Wildman–Crippen MR) is 58.8 cm³/mol. The smallest absolute Gasteiger partial charge is 0.0967 e. The molecular formula is C9H20Cl2O2. The number of halogens is 2. The SMILES string of the molecule is C1CCOC1.CCOCC.ClCCl. The molecule has 1 rings (SSSR count). The molecule has 1 aliphatic heterocycles. The van der Waals surface area contributed by atoms with E-state index in [1.165, 1.54) is 12.8 Å². The Morgan fingerprint density at radius 3 is 1.54 bits per heavy atom. The van der Waals surface area contributed by atoms with E-state index in [9.17, 15) is 0 Å². The van der Waals surface area contributed by atoms with Crippen LogP contribution in [0, 0.1) is 0 Å². The van der Waals surface area contributed by atoms with Crippen LogP contribution in [0.5, 0.6) is 0 Å². The van der Waals surface area contributed by atoms with Gasteiger partial charge in [0.2, 0.25) is 0 Å². The molecule has 4 heteroatoms. The maximum atomic E-state index is 4.94. The summed E-state index contributed by atoms with van der Waals surface area (Å²) < 4.78 is 9.78. The van der Waals surface area contributed by atoms with Gasteiger partial charge in [-0.15, -0.1) is 23.2 Å². The van der Waals surface area contributed by atoms with Crippen molar-refractivity contribution in [2.45, 2.75) is 26.7 Å². The Hall–Kier alpha value is 0.500. The molecule has 0 aromatic rings. The molecule has 82 valence electrons. The zero-order valence-corrected chi connectivity index (χ0v) is 10.0. The van der Waals surface area contributed by atoms with Crippen LogP contribution >= 0.6 is 23.2 Å². The molecule has 13 heavy (non-hydrogen) atoms. The predicted octanol–water partition coefficient (Wildman–Crippen LogP) is 3.26. The van der Waals surface area contributed by atoms with Gasteiger partial charge in [-0.1, -0.05) is 0 Å². The first-order valence-corrected chi connectivity index (χ1v) is 5.67. The van der Waals surface area contributed by atoms with Crippen molar-refractivity contribution < 1.29 is 9.47 Å². The molecule has 1 aliphatic rings. The van der Waals surface area contributed by atoms with Gasteiger partial charge in [0, 0.05) is 26.4 Å². The summed E-state index contributed by atoms with van der Waals surface area (Å²) in [6.07, 6.45) is 2.56. The first-order chi connectivity index (χ1) is 6.33. The van der Waals surface area contributed by atoms with Gasteiger partial charge >= 0.3 is 0 Å². The molecule has 0 amide bonds. The zero-order valence-electron chi connectivity index (χ0n) is 8.52. The summed E-state index contributed by atoms with van der Waals surface area (Å²) in [5.74, 6) is 0. The average Bonchev–Trinajstić information content (AvgIpc) is 2.64. The number of hydrogen-bond donors (Lipinski definition) is 0. The Kier molecular flexibility index (Phi) is 22.5. The van der Waals surface area contributed by atoms with Crippen LogP contribution in [-0.2, 0) is 9.47 Å². The summed E-state index contributed by atoms with van der Waals surface area (Å²) in [6.45, 7) is 7.67. The van der Waals surface area contributed by atoms with Crippen LogP contribution in [0.3, 0.4) is 0 Å². The lowest BCUT2D eigenvalue weighted by Gasteiger charge is -1.86. The minimum atomic E-state index is 0.194. The van der Waals surface area contributed by atoms with Gasteiger partial charge in [0.25, 0.3) is 0 Å². The molecule has 0 saturated carbocycles. The summed E-state index contributed by atoms with van der Waals surface area (Å²) in [5, 5.41) is 0.194. The highest BCUT2D eigenvalue weighted by molar-refractivity contribution is 6.40. The van der Waals surface area contributed by atoms with E-state index in [1.807, 2.05) is 13.8 Å². The molecule has 0 N–H and O–H groups in total.